The van der Waals surface area contributed by atoms with Crippen molar-refractivity contribution in [3.63, 3.8) is 0 Å². The Morgan fingerprint density at radius 3 is 2.20 bits per heavy atom. The van der Waals surface area contributed by atoms with Crippen LogP contribution in [0.2, 0.25) is 0 Å². The van der Waals surface area contributed by atoms with Crippen molar-refractivity contribution < 1.29 is 0 Å². The molecule has 2 aromatic carbocycles. The zero-order chi connectivity index (χ0) is 28.2. The van der Waals surface area contributed by atoms with Gasteiger partial charge >= 0.3 is 0 Å². The van der Waals surface area contributed by atoms with Crippen LogP contribution in [0.3, 0.4) is 0 Å². The second-order valence-electron chi connectivity index (χ2n) is 13.6. The standard InChI is InChI=1S/C37H54N4/c1-28(37(38)31-15-4-3-5-16-31)41-26-12-17-32(41)27-40(36-23-21-30-14-7-9-19-34(30)36)25-11-10-24-39(2)35-22-20-29-13-6-8-18-33(29)35/h6-9,13-14,18-19,31-32,35-37H,1,3-5,10-12,15-17,20-27,38H2,2H3/t32-,35?,36?,37+/m0/s1. The van der Waals surface area contributed by atoms with Gasteiger partial charge in [-0.15, -0.1) is 0 Å². The molecule has 2 fully saturated rings. The number of nitrogens with zero attached hydrogens (tertiary/aromatic N) is 3. The Balaban J connectivity index is 1.09. The molecule has 0 bridgehead atoms. The molecule has 1 saturated carbocycles. The fourth-order valence-electron chi connectivity index (χ4n) is 8.74. The Hall–Kier alpha value is -2.14. The van der Waals surface area contributed by atoms with Gasteiger partial charge in [-0.25, -0.2) is 0 Å². The van der Waals surface area contributed by atoms with Crippen molar-refractivity contribution in [2.45, 2.75) is 108 Å². The predicted molar refractivity (Wildman–Crippen MR) is 172 cm³/mol. The van der Waals surface area contributed by atoms with Crippen LogP contribution >= 0.6 is 0 Å². The zero-order valence-corrected chi connectivity index (χ0v) is 25.7. The minimum Gasteiger partial charge on any atom is -0.370 e. The Bertz CT molecular complexity index is 1150. The van der Waals surface area contributed by atoms with Crippen molar-refractivity contribution in [1.29, 1.82) is 0 Å². The summed E-state index contributed by atoms with van der Waals surface area (Å²) in [6, 6.07) is 20.1. The van der Waals surface area contributed by atoms with Crippen molar-refractivity contribution in [2.75, 3.05) is 33.2 Å². The van der Waals surface area contributed by atoms with Gasteiger partial charge in [0.25, 0.3) is 0 Å². The quantitative estimate of drug-likeness (QED) is 0.280. The number of aryl methyl sites for hydroxylation is 2. The molecule has 4 atom stereocenters. The van der Waals surface area contributed by atoms with Crippen LogP contribution in [-0.4, -0.2) is 60.0 Å². The van der Waals surface area contributed by atoms with Gasteiger partial charge in [-0.1, -0.05) is 74.4 Å². The molecule has 2 N–H and O–H groups in total. The molecule has 2 unspecified atom stereocenters. The molecule has 2 aromatic rings. The van der Waals surface area contributed by atoms with Crippen LogP contribution in [0.1, 0.15) is 105 Å². The van der Waals surface area contributed by atoms with Gasteiger partial charge in [-0.3, -0.25) is 9.80 Å². The first-order valence-corrected chi connectivity index (χ1v) is 16.9. The van der Waals surface area contributed by atoms with E-state index in [0.29, 0.717) is 24.0 Å². The Morgan fingerprint density at radius 2 is 1.46 bits per heavy atom. The van der Waals surface area contributed by atoms with Crippen molar-refractivity contribution in [2.24, 2.45) is 11.7 Å². The van der Waals surface area contributed by atoms with E-state index in [0.717, 1.165) is 13.1 Å². The summed E-state index contributed by atoms with van der Waals surface area (Å²) in [5.41, 5.74) is 14.4. The van der Waals surface area contributed by atoms with Crippen molar-refractivity contribution in [3.05, 3.63) is 83.1 Å². The highest BCUT2D eigenvalue weighted by atomic mass is 15.3. The van der Waals surface area contributed by atoms with Crippen LogP contribution in [0.5, 0.6) is 0 Å². The summed E-state index contributed by atoms with van der Waals surface area (Å²) < 4.78 is 0. The van der Waals surface area contributed by atoms with E-state index in [1.807, 2.05) is 0 Å². The van der Waals surface area contributed by atoms with Gasteiger partial charge in [0.15, 0.2) is 0 Å². The SMILES string of the molecule is C=C([C@@H](N)C1CCCCC1)N1CCC[C@H]1CN(CCCCN(C)C1CCc2ccccc21)C1CCc2ccccc21. The smallest absolute Gasteiger partial charge is 0.0469 e. The minimum atomic E-state index is 0.132. The average molecular weight is 555 g/mol. The van der Waals surface area contributed by atoms with E-state index in [4.69, 9.17) is 5.73 Å². The minimum absolute atomic E-state index is 0.132. The molecule has 41 heavy (non-hydrogen) atoms. The normalized spacial score (nSPS) is 25.2. The average Bonchev–Trinajstić information content (AvgIpc) is 3.77. The maximum absolute atomic E-state index is 6.90. The molecule has 0 radical (unpaired) electrons. The van der Waals surface area contributed by atoms with Gasteiger partial charge in [0, 0.05) is 43.0 Å². The molecule has 4 aliphatic rings. The molecule has 1 heterocycles. The van der Waals surface area contributed by atoms with Gasteiger partial charge in [0.2, 0.25) is 0 Å². The number of nitrogens with two attached hydrogens (primary N) is 1. The van der Waals surface area contributed by atoms with Gasteiger partial charge in [-0.2, -0.15) is 0 Å². The van der Waals surface area contributed by atoms with Gasteiger partial charge in [0.05, 0.1) is 0 Å². The van der Waals surface area contributed by atoms with E-state index >= 15 is 0 Å². The molecule has 4 heteroatoms. The maximum Gasteiger partial charge on any atom is 0.0469 e. The summed E-state index contributed by atoms with van der Waals surface area (Å²) in [5.74, 6) is 0.624. The Morgan fingerprint density at radius 1 is 0.829 bits per heavy atom. The van der Waals surface area contributed by atoms with Crippen molar-refractivity contribution >= 4 is 0 Å². The fraction of sp³-hybridized carbons (Fsp3) is 0.622. The molecule has 1 saturated heterocycles. The van der Waals surface area contributed by atoms with Crippen molar-refractivity contribution in [3.8, 4) is 0 Å². The zero-order valence-electron chi connectivity index (χ0n) is 25.7. The lowest BCUT2D eigenvalue weighted by atomic mass is 9.83. The molecule has 0 amide bonds. The summed E-state index contributed by atoms with van der Waals surface area (Å²) in [6.45, 7) is 9.26. The van der Waals surface area contributed by atoms with E-state index < -0.39 is 0 Å². The second-order valence-corrected chi connectivity index (χ2v) is 13.6. The molecule has 6 rings (SSSR count). The van der Waals surface area contributed by atoms with Crippen LogP contribution in [-0.2, 0) is 12.8 Å². The van der Waals surface area contributed by atoms with Crippen LogP contribution in [0.15, 0.2) is 60.8 Å². The van der Waals surface area contributed by atoms with E-state index in [-0.39, 0.29) is 6.04 Å². The number of fused-ring (bicyclic) bond motifs is 2. The third kappa shape index (κ3) is 6.45. The maximum atomic E-state index is 6.90. The molecule has 1 aliphatic heterocycles. The number of hydrogen-bond acceptors (Lipinski definition) is 4. The number of unbranched alkanes of at least 4 members (excludes halogenated alkanes) is 1. The fourth-order valence-corrected chi connectivity index (χ4v) is 8.74. The number of hydrogen-bond donors (Lipinski definition) is 1. The number of benzene rings is 2. The van der Waals surface area contributed by atoms with Crippen LogP contribution in [0.4, 0.5) is 0 Å². The predicted octanol–water partition coefficient (Wildman–Crippen LogP) is 7.26. The third-order valence-electron chi connectivity index (χ3n) is 11.1. The molecule has 0 aromatic heterocycles. The van der Waals surface area contributed by atoms with Crippen molar-refractivity contribution in [1.82, 2.24) is 14.7 Å². The first kappa shape index (κ1) is 29.0. The van der Waals surface area contributed by atoms with Crippen LogP contribution in [0, 0.1) is 5.92 Å². The van der Waals surface area contributed by atoms with E-state index in [1.54, 1.807) is 22.3 Å². The molecule has 0 spiro atoms. The van der Waals surface area contributed by atoms with E-state index in [1.165, 1.54) is 102 Å². The van der Waals surface area contributed by atoms with Gasteiger partial charge < -0.3 is 10.6 Å². The lowest BCUT2D eigenvalue weighted by Gasteiger charge is -2.39. The Labute approximate surface area is 250 Å². The Kier molecular flexibility index (Phi) is 9.49. The topological polar surface area (TPSA) is 35.7 Å². The highest BCUT2D eigenvalue weighted by molar-refractivity contribution is 5.35. The summed E-state index contributed by atoms with van der Waals surface area (Å²) in [5, 5.41) is 0. The summed E-state index contributed by atoms with van der Waals surface area (Å²) in [4.78, 5) is 8.12. The molecular formula is C37H54N4. The van der Waals surface area contributed by atoms with Crippen LogP contribution < -0.4 is 5.73 Å². The largest absolute Gasteiger partial charge is 0.370 e. The first-order valence-electron chi connectivity index (χ1n) is 16.9. The molecule has 4 nitrogen and oxygen atoms in total. The molecule has 3 aliphatic carbocycles. The summed E-state index contributed by atoms with van der Waals surface area (Å²) in [6.07, 6.45) is 16.6. The molecule has 222 valence electrons. The summed E-state index contributed by atoms with van der Waals surface area (Å²) >= 11 is 0. The number of likely N-dealkylation sites (tertiary alicyclic amines) is 1. The van der Waals surface area contributed by atoms with E-state index in [9.17, 15) is 0 Å². The lowest BCUT2D eigenvalue weighted by molar-refractivity contribution is 0.136. The first-order chi connectivity index (χ1) is 20.1. The monoisotopic (exact) mass is 554 g/mol. The van der Waals surface area contributed by atoms with Gasteiger partial charge in [-0.05, 0) is 113 Å². The highest BCUT2D eigenvalue weighted by Crippen LogP contribution is 2.38. The van der Waals surface area contributed by atoms with Gasteiger partial charge in [0.1, 0.15) is 0 Å². The lowest BCUT2D eigenvalue weighted by Crippen LogP contribution is -2.46. The summed E-state index contributed by atoms with van der Waals surface area (Å²) in [7, 11) is 2.34. The highest BCUT2D eigenvalue weighted by Gasteiger charge is 2.35. The molecular weight excluding hydrogens is 500 g/mol. The third-order valence-corrected chi connectivity index (χ3v) is 11.1. The van der Waals surface area contributed by atoms with Crippen LogP contribution in [0.25, 0.3) is 0 Å². The van der Waals surface area contributed by atoms with E-state index in [2.05, 4.69) is 76.9 Å². The number of rotatable bonds is 12. The second kappa shape index (κ2) is 13.4.